The number of nitrogens with zero attached hydrogens (tertiary/aromatic N) is 2. The van der Waals surface area contributed by atoms with Crippen LogP contribution in [0.3, 0.4) is 0 Å². The molecule has 6 nitrogen and oxygen atoms in total. The van der Waals surface area contributed by atoms with Crippen molar-refractivity contribution in [3.63, 3.8) is 0 Å². The van der Waals surface area contributed by atoms with Gasteiger partial charge in [0.25, 0.3) is 0 Å². The molecule has 4 bridgehead atoms. The molecule has 5 fully saturated rings. The maximum absolute atomic E-state index is 12.9. The smallest absolute Gasteiger partial charge is 0.319 e. The highest BCUT2D eigenvalue weighted by molar-refractivity contribution is 5.91. The second-order valence-corrected chi connectivity index (χ2v) is 10.6. The third-order valence-electron chi connectivity index (χ3n) is 8.02. The molecule has 6 rings (SSSR count). The zero-order valence-corrected chi connectivity index (χ0v) is 18.9. The summed E-state index contributed by atoms with van der Waals surface area (Å²) >= 11 is 0. The van der Waals surface area contributed by atoms with Crippen molar-refractivity contribution in [3.8, 4) is 5.75 Å². The minimum atomic E-state index is -0.0737. The van der Waals surface area contributed by atoms with Gasteiger partial charge in [-0.25, -0.2) is 4.79 Å². The largest absolute Gasteiger partial charge is 0.491 e. The predicted octanol–water partition coefficient (Wildman–Crippen LogP) is 3.79. The molecule has 0 unspecified atom stereocenters. The molecule has 2 N–H and O–H groups in total. The number of likely N-dealkylation sites (N-methyl/N-ethyl adjacent to an activating group) is 1. The van der Waals surface area contributed by atoms with Crippen LogP contribution < -0.4 is 15.4 Å². The lowest BCUT2D eigenvalue weighted by Gasteiger charge is -2.56. The fourth-order valence-corrected chi connectivity index (χ4v) is 6.90. The van der Waals surface area contributed by atoms with E-state index >= 15 is 0 Å². The summed E-state index contributed by atoms with van der Waals surface area (Å²) in [6.07, 6.45) is 8.64. The van der Waals surface area contributed by atoms with Gasteiger partial charge >= 0.3 is 6.03 Å². The number of carbonyl (C=O) groups excluding carboxylic acids is 1. The zero-order valence-electron chi connectivity index (χ0n) is 18.9. The molecule has 0 radical (unpaired) electrons. The lowest BCUT2D eigenvalue weighted by atomic mass is 9.53. The Balaban J connectivity index is 1.11. The Morgan fingerprint density at radius 2 is 1.68 bits per heavy atom. The molecule has 31 heavy (non-hydrogen) atoms. The summed E-state index contributed by atoms with van der Waals surface area (Å²) in [6.45, 7) is 6.30. The Kier molecular flexibility index (Phi) is 6.11. The van der Waals surface area contributed by atoms with Crippen LogP contribution in [0.5, 0.6) is 5.75 Å². The molecule has 1 aliphatic heterocycles. The van der Waals surface area contributed by atoms with Crippen molar-refractivity contribution < 1.29 is 9.53 Å². The van der Waals surface area contributed by atoms with E-state index in [0.717, 1.165) is 87.6 Å². The molecule has 2 amide bonds. The Morgan fingerprint density at radius 1 is 1.03 bits per heavy atom. The number of nitrogens with one attached hydrogen (secondary N) is 2. The van der Waals surface area contributed by atoms with Gasteiger partial charge in [-0.2, -0.15) is 0 Å². The Labute approximate surface area is 186 Å². The first kappa shape index (κ1) is 21.1. The topological polar surface area (TPSA) is 56.8 Å². The van der Waals surface area contributed by atoms with Crippen molar-refractivity contribution in [2.75, 3.05) is 51.7 Å². The van der Waals surface area contributed by atoms with E-state index < -0.39 is 0 Å². The molecule has 0 aromatic heterocycles. The Morgan fingerprint density at radius 3 is 2.35 bits per heavy atom. The van der Waals surface area contributed by atoms with Crippen LogP contribution >= 0.6 is 0 Å². The number of benzene rings is 1. The summed E-state index contributed by atoms with van der Waals surface area (Å²) in [5.74, 6) is 3.23. The molecule has 4 saturated carbocycles. The number of carbonyl (C=O) groups is 1. The van der Waals surface area contributed by atoms with Gasteiger partial charge in [0, 0.05) is 38.3 Å². The van der Waals surface area contributed by atoms with E-state index in [-0.39, 0.29) is 11.6 Å². The lowest BCUT2D eigenvalue weighted by Crippen LogP contribution is -2.60. The summed E-state index contributed by atoms with van der Waals surface area (Å²) < 4.78 is 6.06. The standard InChI is InChI=1S/C25H38N4O2/c1-28-8-10-29(11-9-28)7-4-12-31-23-6-3-2-5-22(23)26-24(30)27-25-16-19-13-20(17-25)15-21(14-19)18-25/h2-3,5-6,19-21H,4,7-18H2,1H3,(H2,26,27,30). The molecule has 6 heteroatoms. The first-order valence-electron chi connectivity index (χ1n) is 12.3. The van der Waals surface area contributed by atoms with Crippen LogP contribution in [0.2, 0.25) is 0 Å². The quantitative estimate of drug-likeness (QED) is 0.652. The average molecular weight is 427 g/mol. The third kappa shape index (κ3) is 5.01. The molecular formula is C25H38N4O2. The van der Waals surface area contributed by atoms with Crippen LogP contribution in [-0.2, 0) is 0 Å². The van der Waals surface area contributed by atoms with Crippen molar-refractivity contribution in [1.82, 2.24) is 15.1 Å². The SMILES string of the molecule is CN1CCN(CCCOc2ccccc2NC(=O)NC23CC4CC(CC(C4)C2)C3)CC1. The summed E-state index contributed by atoms with van der Waals surface area (Å²) in [5.41, 5.74) is 0.793. The highest BCUT2D eigenvalue weighted by Gasteiger charge is 2.51. The van der Waals surface area contributed by atoms with Crippen LogP contribution in [-0.4, -0.2) is 67.7 Å². The zero-order chi connectivity index (χ0) is 21.3. The summed E-state index contributed by atoms with van der Waals surface area (Å²) in [6, 6.07) is 7.75. The first-order valence-corrected chi connectivity index (χ1v) is 12.3. The average Bonchev–Trinajstić information content (AvgIpc) is 2.72. The number of hydrogen-bond donors (Lipinski definition) is 2. The van der Waals surface area contributed by atoms with E-state index in [9.17, 15) is 4.79 Å². The van der Waals surface area contributed by atoms with Crippen molar-refractivity contribution >= 4 is 11.7 Å². The van der Waals surface area contributed by atoms with E-state index in [1.807, 2.05) is 24.3 Å². The number of amides is 2. The van der Waals surface area contributed by atoms with Crippen LogP contribution in [0.15, 0.2) is 24.3 Å². The van der Waals surface area contributed by atoms with E-state index in [1.54, 1.807) is 0 Å². The number of piperazine rings is 1. The van der Waals surface area contributed by atoms with Gasteiger partial charge in [-0.15, -0.1) is 0 Å². The van der Waals surface area contributed by atoms with Crippen molar-refractivity contribution in [2.45, 2.75) is 50.5 Å². The van der Waals surface area contributed by atoms with Crippen LogP contribution in [0.25, 0.3) is 0 Å². The highest BCUT2D eigenvalue weighted by Crippen LogP contribution is 2.55. The van der Waals surface area contributed by atoms with Gasteiger partial charge in [0.15, 0.2) is 0 Å². The summed E-state index contributed by atoms with van der Waals surface area (Å²) in [7, 11) is 2.18. The van der Waals surface area contributed by atoms with Gasteiger partial charge in [-0.05, 0) is 81.9 Å². The van der Waals surface area contributed by atoms with Crippen LogP contribution in [0.4, 0.5) is 10.5 Å². The molecule has 0 atom stereocenters. The monoisotopic (exact) mass is 426 g/mol. The number of anilines is 1. The second kappa shape index (κ2) is 8.99. The maximum Gasteiger partial charge on any atom is 0.319 e. The fourth-order valence-electron chi connectivity index (χ4n) is 6.90. The summed E-state index contributed by atoms with van der Waals surface area (Å²) in [5, 5.41) is 6.49. The van der Waals surface area contributed by atoms with Gasteiger partial charge in [-0.3, -0.25) is 0 Å². The summed E-state index contributed by atoms with van der Waals surface area (Å²) in [4.78, 5) is 17.8. The van der Waals surface area contributed by atoms with Gasteiger partial charge in [0.1, 0.15) is 5.75 Å². The van der Waals surface area contributed by atoms with E-state index in [4.69, 9.17) is 4.74 Å². The minimum absolute atomic E-state index is 0.0249. The van der Waals surface area contributed by atoms with E-state index in [0.29, 0.717) is 6.61 Å². The van der Waals surface area contributed by atoms with Gasteiger partial charge in [-0.1, -0.05) is 12.1 Å². The second-order valence-electron chi connectivity index (χ2n) is 10.6. The number of rotatable bonds is 7. The van der Waals surface area contributed by atoms with Crippen molar-refractivity contribution in [2.24, 2.45) is 17.8 Å². The Hall–Kier alpha value is -1.79. The number of hydrogen-bond acceptors (Lipinski definition) is 4. The first-order chi connectivity index (χ1) is 15.1. The normalized spacial score (nSPS) is 32.7. The van der Waals surface area contributed by atoms with E-state index in [2.05, 4.69) is 27.5 Å². The highest BCUT2D eigenvalue weighted by atomic mass is 16.5. The number of urea groups is 1. The molecule has 1 aromatic carbocycles. The molecule has 1 aromatic rings. The maximum atomic E-state index is 12.9. The molecule has 5 aliphatic rings. The molecule has 1 heterocycles. The molecule has 1 saturated heterocycles. The lowest BCUT2D eigenvalue weighted by molar-refractivity contribution is -0.0127. The number of ether oxygens (including phenoxy) is 1. The predicted molar refractivity (Wildman–Crippen MR) is 124 cm³/mol. The fraction of sp³-hybridized carbons (Fsp3) is 0.720. The van der Waals surface area contributed by atoms with Crippen molar-refractivity contribution in [3.05, 3.63) is 24.3 Å². The van der Waals surface area contributed by atoms with Crippen molar-refractivity contribution in [1.29, 1.82) is 0 Å². The molecule has 4 aliphatic carbocycles. The van der Waals surface area contributed by atoms with Gasteiger partial charge in [0.2, 0.25) is 0 Å². The van der Waals surface area contributed by atoms with Gasteiger partial charge in [0.05, 0.1) is 12.3 Å². The Bertz CT molecular complexity index is 739. The van der Waals surface area contributed by atoms with Crippen LogP contribution in [0, 0.1) is 17.8 Å². The number of para-hydroxylation sites is 2. The van der Waals surface area contributed by atoms with Crippen LogP contribution in [0.1, 0.15) is 44.9 Å². The molecule has 0 spiro atoms. The minimum Gasteiger partial charge on any atom is -0.491 e. The molecule has 170 valence electrons. The third-order valence-corrected chi connectivity index (χ3v) is 8.02. The van der Waals surface area contributed by atoms with Gasteiger partial charge < -0.3 is 25.2 Å². The van der Waals surface area contributed by atoms with E-state index in [1.165, 1.54) is 19.3 Å². The molecular weight excluding hydrogens is 388 g/mol.